The minimum atomic E-state index is -5.62. The van der Waals surface area contributed by atoms with E-state index in [9.17, 15) is 28.5 Å². The van der Waals surface area contributed by atoms with Crippen molar-refractivity contribution in [2.24, 2.45) is 5.92 Å². The number of fused-ring (bicyclic) bond motifs is 1. The molecule has 0 aliphatic rings. The third-order valence-corrected chi connectivity index (χ3v) is 7.22. The minimum absolute atomic E-state index is 0.0259. The maximum Gasteiger partial charge on any atom is 0.490 e. The van der Waals surface area contributed by atoms with Crippen molar-refractivity contribution >= 4 is 40.6 Å². The predicted octanol–water partition coefficient (Wildman–Crippen LogP) is -0.956. The van der Waals surface area contributed by atoms with Gasteiger partial charge in [-0.3, -0.25) is 14.3 Å². The Kier molecular flexibility index (Phi) is 7.72. The van der Waals surface area contributed by atoms with Crippen LogP contribution in [-0.2, 0) is 33.4 Å². The highest BCUT2D eigenvalue weighted by Crippen LogP contribution is 2.66. The number of nitrogens with zero attached hydrogens (tertiary/aromatic N) is 3. The van der Waals surface area contributed by atoms with E-state index in [1.54, 1.807) is 0 Å². The van der Waals surface area contributed by atoms with Crippen molar-refractivity contribution in [3.63, 3.8) is 0 Å². The third-order valence-electron chi connectivity index (χ3n) is 3.42. The molecule has 0 bridgehead atoms. The zero-order chi connectivity index (χ0) is 22.7. The molecule has 30 heavy (non-hydrogen) atoms. The zero-order valence-corrected chi connectivity index (χ0v) is 17.5. The fraction of sp³-hybridized carbons (Fsp3) is 0.500. The summed E-state index contributed by atoms with van der Waals surface area (Å²) in [7, 11) is -16.4. The Morgan fingerprint density at radius 1 is 1.17 bits per heavy atom. The van der Waals surface area contributed by atoms with Crippen LogP contribution in [0.5, 0.6) is 0 Å². The molecule has 0 aromatic carbocycles. The summed E-state index contributed by atoms with van der Waals surface area (Å²) in [5.74, 6) is -0.938. The van der Waals surface area contributed by atoms with Gasteiger partial charge >= 0.3 is 23.5 Å². The average Bonchev–Trinajstić information content (AvgIpc) is 2.94. The molecular weight excluding hydrogens is 475 g/mol. The van der Waals surface area contributed by atoms with Gasteiger partial charge in [0.2, 0.25) is 5.95 Å². The molecule has 2 aromatic heterocycles. The molecule has 2 heterocycles. The van der Waals surface area contributed by atoms with E-state index in [-0.39, 0.29) is 30.1 Å². The summed E-state index contributed by atoms with van der Waals surface area (Å²) in [6.45, 7) is -1.07. The highest BCUT2D eigenvalue weighted by Gasteiger charge is 2.40. The number of nitrogen functional groups attached to an aromatic ring is 1. The second-order valence-electron chi connectivity index (χ2n) is 5.79. The van der Waals surface area contributed by atoms with Crippen LogP contribution in [0.25, 0.3) is 11.2 Å². The van der Waals surface area contributed by atoms with Crippen molar-refractivity contribution in [1.82, 2.24) is 19.5 Å². The number of nitrogens with one attached hydrogen (secondary N) is 1. The Balaban J connectivity index is 1.98. The number of aliphatic hydroxyl groups excluding tert-OH is 1. The van der Waals surface area contributed by atoms with Crippen molar-refractivity contribution < 1.29 is 51.5 Å². The van der Waals surface area contributed by atoms with Crippen LogP contribution >= 0.6 is 23.5 Å². The van der Waals surface area contributed by atoms with Gasteiger partial charge in [-0.2, -0.15) is 13.6 Å². The third kappa shape index (κ3) is 7.34. The number of imidazole rings is 1. The summed E-state index contributed by atoms with van der Waals surface area (Å²) < 4.78 is 46.6. The molecule has 0 spiro atoms. The van der Waals surface area contributed by atoms with Crippen LogP contribution in [0.4, 0.5) is 5.95 Å². The smallest absolute Gasteiger partial charge is 0.396 e. The summed E-state index contributed by atoms with van der Waals surface area (Å²) in [5.41, 5.74) is 5.12. The van der Waals surface area contributed by atoms with E-state index in [1.807, 2.05) is 0 Å². The average molecular weight is 493 g/mol. The molecule has 0 aliphatic heterocycles. The second-order valence-corrected chi connectivity index (χ2v) is 10.2. The zero-order valence-electron chi connectivity index (χ0n) is 14.8. The quantitative estimate of drug-likeness (QED) is 0.186. The van der Waals surface area contributed by atoms with Gasteiger partial charge < -0.3 is 35.0 Å². The first-order valence-electron chi connectivity index (χ1n) is 7.81. The summed E-state index contributed by atoms with van der Waals surface area (Å²) in [6, 6.07) is 0. The van der Waals surface area contributed by atoms with E-state index in [0.717, 1.165) is 0 Å². The van der Waals surface area contributed by atoms with Gasteiger partial charge in [0.25, 0.3) is 5.56 Å². The first-order valence-corrected chi connectivity index (χ1v) is 12.3. The molecular formula is C10H18N5O12P3. The van der Waals surface area contributed by atoms with Gasteiger partial charge in [-0.15, -0.1) is 0 Å². The van der Waals surface area contributed by atoms with Crippen LogP contribution < -0.4 is 11.3 Å². The number of aliphatic hydroxyl groups is 1. The Morgan fingerprint density at radius 2 is 1.83 bits per heavy atom. The van der Waals surface area contributed by atoms with Crippen molar-refractivity contribution in [3.05, 3.63) is 16.7 Å². The Bertz CT molecular complexity index is 1090. The standard InChI is InChI=1S/C10H18N5O12P3/c11-10-13-8-7(9(17)14-10)12-5-15(8)2-1-6(3-16)4-25-29(21,22)27-30(23,24)26-28(18,19)20/h5-6,16H,1-4H2,(H,21,22)(H,23,24)(H2,18,19,20)(H3,11,13,14,17)/t6-/m1/s1. The maximum atomic E-state index is 11.7. The molecule has 0 amide bonds. The molecule has 2 rings (SSSR count). The first-order chi connectivity index (χ1) is 13.7. The molecule has 3 atom stereocenters. The molecule has 170 valence electrons. The lowest BCUT2D eigenvalue weighted by atomic mass is 10.1. The number of hydrogen-bond donors (Lipinski definition) is 7. The number of phosphoric ester groups is 1. The van der Waals surface area contributed by atoms with Crippen molar-refractivity contribution in [2.75, 3.05) is 18.9 Å². The lowest BCUT2D eigenvalue weighted by molar-refractivity contribution is 0.118. The second kappa shape index (κ2) is 9.34. The van der Waals surface area contributed by atoms with Crippen molar-refractivity contribution in [1.29, 1.82) is 0 Å². The van der Waals surface area contributed by atoms with Gasteiger partial charge in [0, 0.05) is 19.1 Å². The number of anilines is 1. The van der Waals surface area contributed by atoms with Gasteiger partial charge in [0.05, 0.1) is 12.9 Å². The van der Waals surface area contributed by atoms with E-state index >= 15 is 0 Å². The lowest BCUT2D eigenvalue weighted by Gasteiger charge is -2.19. The number of aromatic amines is 1. The molecule has 2 aromatic rings. The number of phosphoric acid groups is 3. The summed E-state index contributed by atoms with van der Waals surface area (Å²) in [5, 5.41) is 9.40. The van der Waals surface area contributed by atoms with Gasteiger partial charge in [-0.25, -0.2) is 18.7 Å². The molecule has 8 N–H and O–H groups in total. The van der Waals surface area contributed by atoms with E-state index in [1.165, 1.54) is 10.9 Å². The predicted molar refractivity (Wildman–Crippen MR) is 97.6 cm³/mol. The van der Waals surface area contributed by atoms with Crippen LogP contribution in [0.2, 0.25) is 0 Å². The Hall–Kier alpha value is -1.48. The van der Waals surface area contributed by atoms with Crippen LogP contribution in [0.3, 0.4) is 0 Å². The number of hydrogen-bond acceptors (Lipinski definition) is 11. The SMILES string of the molecule is Nc1nc2c(ncn2CC[C@H](CO)COP(=O)(O)OP(=O)(O)OP(=O)(O)O)c(=O)[nH]1. The molecule has 0 radical (unpaired) electrons. The van der Waals surface area contributed by atoms with E-state index < -0.39 is 48.2 Å². The number of H-pyrrole nitrogens is 1. The number of aryl methyl sites for hydroxylation is 1. The monoisotopic (exact) mass is 493 g/mol. The topological polar surface area (TPSA) is 270 Å². The Morgan fingerprint density at radius 3 is 2.43 bits per heavy atom. The van der Waals surface area contributed by atoms with Crippen molar-refractivity contribution in [2.45, 2.75) is 13.0 Å². The van der Waals surface area contributed by atoms with Gasteiger partial charge in [0.15, 0.2) is 11.2 Å². The normalized spacial score (nSPS) is 17.5. The molecule has 17 nitrogen and oxygen atoms in total. The fourth-order valence-electron chi connectivity index (χ4n) is 2.19. The fourth-order valence-corrected chi connectivity index (χ4v) is 5.28. The molecule has 2 unspecified atom stereocenters. The van der Waals surface area contributed by atoms with E-state index in [2.05, 4.69) is 28.1 Å². The van der Waals surface area contributed by atoms with E-state index in [4.69, 9.17) is 20.4 Å². The highest BCUT2D eigenvalue weighted by molar-refractivity contribution is 7.66. The maximum absolute atomic E-state index is 11.7. The summed E-state index contributed by atoms with van der Waals surface area (Å²) in [6.07, 6.45) is 1.40. The largest absolute Gasteiger partial charge is 0.490 e. The molecule has 0 aliphatic carbocycles. The number of aromatic nitrogens is 4. The highest BCUT2D eigenvalue weighted by atomic mass is 31.3. The van der Waals surface area contributed by atoms with Crippen LogP contribution in [0, 0.1) is 5.92 Å². The molecule has 0 fully saturated rings. The summed E-state index contributed by atoms with van der Waals surface area (Å²) in [4.78, 5) is 57.3. The molecule has 0 saturated heterocycles. The van der Waals surface area contributed by atoms with Crippen LogP contribution in [-0.4, -0.2) is 57.4 Å². The number of rotatable bonds is 11. The lowest BCUT2D eigenvalue weighted by Crippen LogP contribution is -2.17. The molecule has 0 saturated carbocycles. The first kappa shape index (κ1) is 24.8. The van der Waals surface area contributed by atoms with Gasteiger partial charge in [-0.1, -0.05) is 0 Å². The number of nitrogens with two attached hydrogens (primary N) is 1. The van der Waals surface area contributed by atoms with Crippen LogP contribution in [0.15, 0.2) is 11.1 Å². The van der Waals surface area contributed by atoms with Crippen molar-refractivity contribution in [3.8, 4) is 0 Å². The minimum Gasteiger partial charge on any atom is -0.396 e. The Labute approximate surface area is 166 Å². The van der Waals surface area contributed by atoms with Crippen LogP contribution in [0.1, 0.15) is 6.42 Å². The van der Waals surface area contributed by atoms with E-state index in [0.29, 0.717) is 0 Å². The summed E-state index contributed by atoms with van der Waals surface area (Å²) >= 11 is 0. The van der Waals surface area contributed by atoms with Gasteiger partial charge in [-0.05, 0) is 6.42 Å². The molecule has 20 heteroatoms. The van der Waals surface area contributed by atoms with Gasteiger partial charge in [0.1, 0.15) is 0 Å².